The summed E-state index contributed by atoms with van der Waals surface area (Å²) in [6, 6.07) is 6.55. The molecule has 2 aliphatic rings. The Morgan fingerprint density at radius 1 is 1.29 bits per heavy atom. The molecule has 1 amide bonds. The molecule has 2 N–H and O–H groups in total. The predicted octanol–water partition coefficient (Wildman–Crippen LogP) is 3.26. The molecule has 0 spiro atoms. The first-order valence-corrected chi connectivity index (χ1v) is 9.37. The third-order valence-electron chi connectivity index (χ3n) is 4.84. The van der Waals surface area contributed by atoms with Crippen molar-refractivity contribution in [2.24, 2.45) is 5.92 Å². The molecule has 4 rings (SSSR count). The number of benzene rings is 1. The van der Waals surface area contributed by atoms with Gasteiger partial charge in [-0.05, 0) is 68.8 Å². The zero-order valence-electron chi connectivity index (χ0n) is 14.0. The Balaban J connectivity index is 1.44. The fourth-order valence-corrected chi connectivity index (χ4v) is 3.69. The van der Waals surface area contributed by atoms with E-state index in [0.717, 1.165) is 17.5 Å². The van der Waals surface area contributed by atoms with Crippen LogP contribution in [0.3, 0.4) is 0 Å². The van der Waals surface area contributed by atoms with Crippen LogP contribution in [0.4, 0.5) is 5.13 Å². The third-order valence-corrected chi connectivity index (χ3v) is 5.60. The number of hydrogen-bond acceptors (Lipinski definition) is 5. The van der Waals surface area contributed by atoms with Crippen LogP contribution in [0.1, 0.15) is 51.7 Å². The van der Waals surface area contributed by atoms with E-state index >= 15 is 0 Å². The minimum Gasteiger partial charge on any atom is -0.313 e. The Labute approximate surface area is 145 Å². The lowest BCUT2D eigenvalue weighted by atomic mass is 10.0. The number of nitrogens with one attached hydrogen (secondary N) is 2. The average Bonchev–Trinajstić information content (AvgIpc) is 3.46. The summed E-state index contributed by atoms with van der Waals surface area (Å²) in [5.74, 6) is 1.33. The predicted molar refractivity (Wildman–Crippen MR) is 95.7 cm³/mol. The zero-order valence-corrected chi connectivity index (χ0v) is 14.8. The van der Waals surface area contributed by atoms with Crippen molar-refractivity contribution in [1.82, 2.24) is 15.5 Å². The highest BCUT2D eigenvalue weighted by Crippen LogP contribution is 2.43. The van der Waals surface area contributed by atoms with Gasteiger partial charge in [-0.1, -0.05) is 17.4 Å². The van der Waals surface area contributed by atoms with Gasteiger partial charge < -0.3 is 5.32 Å². The van der Waals surface area contributed by atoms with Gasteiger partial charge in [-0.3, -0.25) is 10.1 Å². The molecule has 2 saturated carbocycles. The summed E-state index contributed by atoms with van der Waals surface area (Å²) < 4.78 is 0. The van der Waals surface area contributed by atoms with E-state index in [2.05, 4.69) is 27.8 Å². The van der Waals surface area contributed by atoms with Gasteiger partial charge >= 0.3 is 0 Å². The van der Waals surface area contributed by atoms with Crippen molar-refractivity contribution in [3.8, 4) is 0 Å². The van der Waals surface area contributed by atoms with Crippen LogP contribution in [-0.2, 0) is 0 Å². The molecule has 0 bridgehead atoms. The molecule has 2 unspecified atom stereocenters. The molecule has 2 aliphatic carbocycles. The number of carbonyl (C=O) groups excluding carboxylic acids is 1. The second-order valence-electron chi connectivity index (χ2n) is 6.95. The molecule has 24 heavy (non-hydrogen) atoms. The molecule has 6 heteroatoms. The van der Waals surface area contributed by atoms with Crippen LogP contribution in [0, 0.1) is 19.8 Å². The molecule has 2 atom stereocenters. The van der Waals surface area contributed by atoms with E-state index in [1.165, 1.54) is 41.7 Å². The second kappa shape index (κ2) is 6.26. The van der Waals surface area contributed by atoms with Gasteiger partial charge in [-0.25, -0.2) is 0 Å². The number of nitrogens with zero attached hydrogens (tertiary/aromatic N) is 2. The maximum absolute atomic E-state index is 12.4. The van der Waals surface area contributed by atoms with Gasteiger partial charge in [0, 0.05) is 17.5 Å². The van der Waals surface area contributed by atoms with Crippen LogP contribution in [0.5, 0.6) is 0 Å². The molecule has 5 nitrogen and oxygen atoms in total. The second-order valence-corrected chi connectivity index (χ2v) is 8.13. The summed E-state index contributed by atoms with van der Waals surface area (Å²) >= 11 is 1.39. The maximum atomic E-state index is 12.4. The van der Waals surface area contributed by atoms with Gasteiger partial charge in [0.15, 0.2) is 0 Å². The Morgan fingerprint density at radius 2 is 2.12 bits per heavy atom. The topological polar surface area (TPSA) is 66.9 Å². The molecule has 0 aliphatic heterocycles. The van der Waals surface area contributed by atoms with E-state index in [-0.39, 0.29) is 5.91 Å². The average molecular weight is 342 g/mol. The van der Waals surface area contributed by atoms with Crippen LogP contribution in [-0.4, -0.2) is 28.7 Å². The van der Waals surface area contributed by atoms with Gasteiger partial charge in [-0.2, -0.15) is 0 Å². The number of aryl methyl sites for hydroxylation is 2. The summed E-state index contributed by atoms with van der Waals surface area (Å²) in [7, 11) is 0. The van der Waals surface area contributed by atoms with Crippen molar-refractivity contribution in [3.63, 3.8) is 0 Å². The van der Waals surface area contributed by atoms with Crippen molar-refractivity contribution in [3.05, 3.63) is 39.9 Å². The number of amides is 1. The first kappa shape index (κ1) is 15.7. The summed E-state index contributed by atoms with van der Waals surface area (Å²) in [5, 5.41) is 15.8. The monoisotopic (exact) mass is 342 g/mol. The van der Waals surface area contributed by atoms with Crippen LogP contribution in [0.25, 0.3) is 0 Å². The zero-order chi connectivity index (χ0) is 16.7. The molecule has 0 radical (unpaired) electrons. The molecule has 2 fully saturated rings. The molecule has 1 aromatic heterocycles. The fourth-order valence-electron chi connectivity index (χ4n) is 3.10. The fraction of sp³-hybridized carbons (Fsp3) is 0.500. The number of anilines is 1. The lowest BCUT2D eigenvalue weighted by Gasteiger charge is -2.09. The SMILES string of the molecule is Cc1nnc(NC(=O)c2ccc(C)c(C3CC3NCC3CC3)c2)s1. The van der Waals surface area contributed by atoms with E-state index in [9.17, 15) is 4.79 Å². The van der Waals surface area contributed by atoms with Crippen LogP contribution in [0.15, 0.2) is 18.2 Å². The Bertz CT molecular complexity index is 768. The van der Waals surface area contributed by atoms with Crippen molar-refractivity contribution >= 4 is 22.4 Å². The van der Waals surface area contributed by atoms with Gasteiger partial charge in [0.05, 0.1) is 0 Å². The molecule has 1 heterocycles. The van der Waals surface area contributed by atoms with E-state index in [4.69, 9.17) is 0 Å². The Kier molecular flexibility index (Phi) is 4.10. The molecular formula is C18H22N4OS. The highest BCUT2D eigenvalue weighted by atomic mass is 32.1. The first-order chi connectivity index (χ1) is 11.6. The summed E-state index contributed by atoms with van der Waals surface area (Å²) in [4.78, 5) is 12.4. The van der Waals surface area contributed by atoms with Gasteiger partial charge in [0.2, 0.25) is 5.13 Å². The Hall–Kier alpha value is -1.79. The standard InChI is InChI=1S/C18H22N4OS/c1-10-3-6-13(17(23)20-18-22-21-11(2)24-18)7-14(10)15-8-16(15)19-9-12-4-5-12/h3,6-7,12,15-16,19H,4-5,8-9H2,1-2H3,(H,20,22,23). The summed E-state index contributed by atoms with van der Waals surface area (Å²) in [6.07, 6.45) is 3.93. The maximum Gasteiger partial charge on any atom is 0.257 e. The van der Waals surface area contributed by atoms with Crippen molar-refractivity contribution in [2.45, 2.75) is 45.1 Å². The minimum atomic E-state index is -0.115. The van der Waals surface area contributed by atoms with Crippen LogP contribution >= 0.6 is 11.3 Å². The summed E-state index contributed by atoms with van der Waals surface area (Å²) in [6.45, 7) is 5.15. The number of carbonyl (C=O) groups is 1. The third kappa shape index (κ3) is 3.49. The normalized spacial score (nSPS) is 22.4. The van der Waals surface area contributed by atoms with Crippen LogP contribution in [0.2, 0.25) is 0 Å². The minimum absolute atomic E-state index is 0.115. The van der Waals surface area contributed by atoms with Crippen molar-refractivity contribution < 1.29 is 4.79 Å². The first-order valence-electron chi connectivity index (χ1n) is 8.55. The largest absolute Gasteiger partial charge is 0.313 e. The van der Waals surface area contributed by atoms with Crippen molar-refractivity contribution in [1.29, 1.82) is 0 Å². The van der Waals surface area contributed by atoms with E-state index < -0.39 is 0 Å². The van der Waals surface area contributed by atoms with E-state index in [1.54, 1.807) is 0 Å². The quantitative estimate of drug-likeness (QED) is 0.845. The van der Waals surface area contributed by atoms with Gasteiger partial charge in [-0.15, -0.1) is 10.2 Å². The number of aromatic nitrogens is 2. The number of hydrogen-bond donors (Lipinski definition) is 2. The van der Waals surface area contributed by atoms with Gasteiger partial charge in [0.1, 0.15) is 5.01 Å². The lowest BCUT2D eigenvalue weighted by molar-refractivity contribution is 0.102. The number of rotatable bonds is 6. The lowest BCUT2D eigenvalue weighted by Crippen LogP contribution is -2.20. The van der Waals surface area contributed by atoms with E-state index in [0.29, 0.717) is 22.7 Å². The molecular weight excluding hydrogens is 320 g/mol. The van der Waals surface area contributed by atoms with Gasteiger partial charge in [0.25, 0.3) is 5.91 Å². The molecule has 2 aromatic rings. The molecule has 126 valence electrons. The molecule has 0 saturated heterocycles. The highest BCUT2D eigenvalue weighted by Gasteiger charge is 2.40. The smallest absolute Gasteiger partial charge is 0.257 e. The summed E-state index contributed by atoms with van der Waals surface area (Å²) in [5.41, 5.74) is 3.25. The molecule has 1 aromatic carbocycles. The van der Waals surface area contributed by atoms with Crippen LogP contribution < -0.4 is 10.6 Å². The Morgan fingerprint density at radius 3 is 2.83 bits per heavy atom. The van der Waals surface area contributed by atoms with Crippen molar-refractivity contribution in [2.75, 3.05) is 11.9 Å². The highest BCUT2D eigenvalue weighted by molar-refractivity contribution is 7.15. The van der Waals surface area contributed by atoms with E-state index in [1.807, 2.05) is 25.1 Å².